The minimum atomic E-state index is 0.0612. The van der Waals surface area contributed by atoms with Crippen LogP contribution in [0.5, 0.6) is 0 Å². The van der Waals surface area contributed by atoms with Gasteiger partial charge in [0.15, 0.2) is 0 Å². The predicted octanol–water partition coefficient (Wildman–Crippen LogP) is 3.96. The molecule has 0 radical (unpaired) electrons. The standard InChI is InChI=1S/C17H19NOS/c1-10(2)18-17(19)16-15-13(11(3)20-16)9-8-12-6-4-5-7-14(12)15/h4-7,10H,8-9H2,1-3H3,(H,18,19). The summed E-state index contributed by atoms with van der Waals surface area (Å²) >= 11 is 1.63. The van der Waals surface area contributed by atoms with E-state index >= 15 is 0 Å². The average molecular weight is 285 g/mol. The first-order valence-electron chi connectivity index (χ1n) is 7.09. The Morgan fingerprint density at radius 3 is 2.75 bits per heavy atom. The monoisotopic (exact) mass is 285 g/mol. The van der Waals surface area contributed by atoms with Crippen LogP contribution < -0.4 is 5.32 Å². The summed E-state index contributed by atoms with van der Waals surface area (Å²) in [4.78, 5) is 14.6. The molecule has 3 rings (SSSR count). The van der Waals surface area contributed by atoms with Crippen LogP contribution in [0, 0.1) is 6.92 Å². The summed E-state index contributed by atoms with van der Waals surface area (Å²) in [6.45, 7) is 6.13. The van der Waals surface area contributed by atoms with Gasteiger partial charge in [0.05, 0.1) is 0 Å². The number of amides is 1. The molecule has 1 aromatic heterocycles. The van der Waals surface area contributed by atoms with Crippen LogP contribution in [0.4, 0.5) is 0 Å². The molecule has 1 N–H and O–H groups in total. The predicted molar refractivity (Wildman–Crippen MR) is 84.5 cm³/mol. The molecule has 1 aromatic carbocycles. The molecule has 2 aromatic rings. The fourth-order valence-corrected chi connectivity index (χ4v) is 4.01. The summed E-state index contributed by atoms with van der Waals surface area (Å²) in [5.41, 5.74) is 5.14. The number of nitrogens with one attached hydrogen (secondary N) is 1. The molecule has 104 valence electrons. The molecule has 20 heavy (non-hydrogen) atoms. The van der Waals surface area contributed by atoms with Crippen molar-refractivity contribution in [1.82, 2.24) is 5.32 Å². The van der Waals surface area contributed by atoms with E-state index in [9.17, 15) is 4.79 Å². The van der Waals surface area contributed by atoms with Crippen molar-refractivity contribution in [2.75, 3.05) is 0 Å². The molecule has 0 unspecified atom stereocenters. The first-order chi connectivity index (χ1) is 9.58. The minimum absolute atomic E-state index is 0.0612. The normalized spacial score (nSPS) is 13.0. The maximum Gasteiger partial charge on any atom is 0.262 e. The second-order valence-corrected chi connectivity index (χ2v) is 6.85. The van der Waals surface area contributed by atoms with Gasteiger partial charge in [0.1, 0.15) is 4.88 Å². The largest absolute Gasteiger partial charge is 0.349 e. The molecule has 1 aliphatic rings. The first kappa shape index (κ1) is 13.4. The molecule has 0 fully saturated rings. The van der Waals surface area contributed by atoms with E-state index in [0.29, 0.717) is 0 Å². The molecule has 0 spiro atoms. The smallest absolute Gasteiger partial charge is 0.262 e. The molecular formula is C17H19NOS. The van der Waals surface area contributed by atoms with Crippen LogP contribution in [0.2, 0.25) is 0 Å². The molecule has 0 saturated carbocycles. The maximum absolute atomic E-state index is 12.4. The lowest BCUT2D eigenvalue weighted by molar-refractivity contribution is 0.0947. The van der Waals surface area contributed by atoms with Gasteiger partial charge in [-0.3, -0.25) is 4.79 Å². The van der Waals surface area contributed by atoms with E-state index in [4.69, 9.17) is 0 Å². The lowest BCUT2D eigenvalue weighted by Gasteiger charge is -2.18. The van der Waals surface area contributed by atoms with Gasteiger partial charge in [-0.15, -0.1) is 11.3 Å². The lowest BCUT2D eigenvalue weighted by atomic mass is 9.86. The van der Waals surface area contributed by atoms with Crippen LogP contribution >= 0.6 is 11.3 Å². The van der Waals surface area contributed by atoms with Gasteiger partial charge < -0.3 is 5.32 Å². The Morgan fingerprint density at radius 1 is 1.25 bits per heavy atom. The van der Waals surface area contributed by atoms with E-state index in [2.05, 4.69) is 36.5 Å². The van der Waals surface area contributed by atoms with E-state index in [1.54, 1.807) is 11.3 Å². The van der Waals surface area contributed by atoms with E-state index in [0.717, 1.165) is 17.7 Å². The highest BCUT2D eigenvalue weighted by Gasteiger charge is 2.26. The fourth-order valence-electron chi connectivity index (χ4n) is 2.89. The number of rotatable bonds is 2. The third-order valence-corrected chi connectivity index (χ3v) is 4.91. The lowest BCUT2D eigenvalue weighted by Crippen LogP contribution is -2.30. The van der Waals surface area contributed by atoms with Gasteiger partial charge in [0.25, 0.3) is 5.91 Å². The third-order valence-electron chi connectivity index (χ3n) is 3.77. The van der Waals surface area contributed by atoms with Crippen LogP contribution in [-0.4, -0.2) is 11.9 Å². The Morgan fingerprint density at radius 2 is 2.00 bits per heavy atom. The van der Waals surface area contributed by atoms with Gasteiger partial charge in [-0.05, 0) is 50.3 Å². The van der Waals surface area contributed by atoms with Gasteiger partial charge >= 0.3 is 0 Å². The molecule has 2 nitrogen and oxygen atoms in total. The molecule has 1 amide bonds. The van der Waals surface area contributed by atoms with E-state index in [1.807, 2.05) is 13.8 Å². The summed E-state index contributed by atoms with van der Waals surface area (Å²) in [7, 11) is 0. The summed E-state index contributed by atoms with van der Waals surface area (Å²) in [5.74, 6) is 0.0612. The third kappa shape index (κ3) is 2.16. The summed E-state index contributed by atoms with van der Waals surface area (Å²) in [6.07, 6.45) is 2.12. The molecule has 0 saturated heterocycles. The zero-order chi connectivity index (χ0) is 14.3. The van der Waals surface area contributed by atoms with Crippen molar-refractivity contribution in [2.45, 2.75) is 39.7 Å². The Bertz CT molecular complexity index is 670. The first-order valence-corrected chi connectivity index (χ1v) is 7.91. The van der Waals surface area contributed by atoms with E-state index in [1.165, 1.54) is 27.1 Å². The Kier molecular flexibility index (Phi) is 3.38. The van der Waals surface area contributed by atoms with E-state index in [-0.39, 0.29) is 11.9 Å². The zero-order valence-electron chi connectivity index (χ0n) is 12.1. The Balaban J connectivity index is 2.14. The van der Waals surface area contributed by atoms with Gasteiger partial charge in [-0.1, -0.05) is 24.3 Å². The number of fused-ring (bicyclic) bond motifs is 3. The number of carbonyl (C=O) groups is 1. The van der Waals surface area contributed by atoms with Crippen molar-refractivity contribution >= 4 is 17.2 Å². The van der Waals surface area contributed by atoms with Gasteiger partial charge in [-0.25, -0.2) is 0 Å². The van der Waals surface area contributed by atoms with E-state index < -0.39 is 0 Å². The fraction of sp³-hybridized carbons (Fsp3) is 0.353. The van der Waals surface area contributed by atoms with Crippen LogP contribution in [0.15, 0.2) is 24.3 Å². The molecule has 0 atom stereocenters. The Labute approximate surface area is 123 Å². The van der Waals surface area contributed by atoms with Gasteiger partial charge in [-0.2, -0.15) is 0 Å². The topological polar surface area (TPSA) is 29.1 Å². The van der Waals surface area contributed by atoms with Crippen LogP contribution in [0.1, 0.15) is 39.5 Å². The molecule has 0 bridgehead atoms. The van der Waals surface area contributed by atoms with Crippen molar-refractivity contribution in [3.05, 3.63) is 45.1 Å². The van der Waals surface area contributed by atoms with Crippen LogP contribution in [0.3, 0.4) is 0 Å². The van der Waals surface area contributed by atoms with Crippen LogP contribution in [-0.2, 0) is 12.8 Å². The quantitative estimate of drug-likeness (QED) is 0.889. The maximum atomic E-state index is 12.4. The highest BCUT2D eigenvalue weighted by molar-refractivity contribution is 7.14. The zero-order valence-corrected chi connectivity index (χ0v) is 12.9. The molecule has 1 aliphatic carbocycles. The van der Waals surface area contributed by atoms with Crippen molar-refractivity contribution in [2.24, 2.45) is 0 Å². The van der Waals surface area contributed by atoms with Crippen molar-refractivity contribution in [3.63, 3.8) is 0 Å². The number of thiophene rings is 1. The SMILES string of the molecule is Cc1sc(C(=O)NC(C)C)c2c1CCc1ccccc1-2. The number of hydrogen-bond acceptors (Lipinski definition) is 2. The van der Waals surface area contributed by atoms with Crippen molar-refractivity contribution in [1.29, 1.82) is 0 Å². The average Bonchev–Trinajstić information content (AvgIpc) is 2.76. The highest BCUT2D eigenvalue weighted by Crippen LogP contribution is 2.42. The van der Waals surface area contributed by atoms with Crippen molar-refractivity contribution in [3.8, 4) is 11.1 Å². The van der Waals surface area contributed by atoms with Crippen molar-refractivity contribution < 1.29 is 4.79 Å². The summed E-state index contributed by atoms with van der Waals surface area (Å²) in [5, 5.41) is 3.02. The van der Waals surface area contributed by atoms with Crippen LogP contribution in [0.25, 0.3) is 11.1 Å². The minimum Gasteiger partial charge on any atom is -0.349 e. The summed E-state index contributed by atoms with van der Waals surface area (Å²) in [6, 6.07) is 8.63. The summed E-state index contributed by atoms with van der Waals surface area (Å²) < 4.78 is 0. The van der Waals surface area contributed by atoms with Gasteiger partial charge in [0, 0.05) is 16.5 Å². The molecule has 1 heterocycles. The number of hydrogen-bond donors (Lipinski definition) is 1. The Hall–Kier alpha value is -1.61. The molecule has 0 aliphatic heterocycles. The number of benzene rings is 1. The second kappa shape index (κ2) is 5.06. The second-order valence-electron chi connectivity index (χ2n) is 5.63. The number of aryl methyl sites for hydroxylation is 2. The molecular weight excluding hydrogens is 266 g/mol. The number of carbonyl (C=O) groups excluding carboxylic acids is 1. The highest BCUT2D eigenvalue weighted by atomic mass is 32.1. The molecule has 3 heteroatoms. The van der Waals surface area contributed by atoms with Gasteiger partial charge in [0.2, 0.25) is 0 Å².